The zero-order valence-corrected chi connectivity index (χ0v) is 19.6. The summed E-state index contributed by atoms with van der Waals surface area (Å²) < 4.78 is 10.7. The number of hydrogen-bond acceptors (Lipinski definition) is 5. The Hall–Kier alpha value is -3.71. The Labute approximate surface area is 203 Å². The summed E-state index contributed by atoms with van der Waals surface area (Å²) in [5.74, 6) is 1.06. The number of hydrogen-bond donors (Lipinski definition) is 1. The number of nitrogens with one attached hydrogen (secondary N) is 1. The van der Waals surface area contributed by atoms with Crippen molar-refractivity contribution in [3.05, 3.63) is 83.4 Å². The van der Waals surface area contributed by atoms with Crippen LogP contribution in [0.25, 0.3) is 0 Å². The van der Waals surface area contributed by atoms with E-state index in [2.05, 4.69) is 10.2 Å². The van der Waals surface area contributed by atoms with Gasteiger partial charge in [0.05, 0.1) is 18.5 Å². The normalized spacial score (nSPS) is 13.4. The highest BCUT2D eigenvalue weighted by atomic mass is 35.5. The second-order valence-corrected chi connectivity index (χ2v) is 8.25. The molecule has 0 aliphatic carbocycles. The van der Waals surface area contributed by atoms with Crippen molar-refractivity contribution in [2.45, 2.75) is 0 Å². The molecule has 0 radical (unpaired) electrons. The summed E-state index contributed by atoms with van der Waals surface area (Å²) in [5.41, 5.74) is 2.25. The molecule has 176 valence electrons. The van der Waals surface area contributed by atoms with Crippen LogP contribution in [0, 0.1) is 0 Å². The number of carbonyl (C=O) groups is 2. The molecule has 0 unspecified atom stereocenters. The topological polar surface area (TPSA) is 71.1 Å². The molecule has 7 nitrogen and oxygen atoms in total. The first kappa shape index (κ1) is 23.4. The van der Waals surface area contributed by atoms with Crippen LogP contribution in [-0.2, 0) is 4.79 Å². The van der Waals surface area contributed by atoms with Gasteiger partial charge in [-0.15, -0.1) is 0 Å². The number of ether oxygens (including phenoxy) is 2. The Morgan fingerprint density at radius 1 is 0.882 bits per heavy atom. The molecule has 1 N–H and O–H groups in total. The molecule has 3 aromatic rings. The average Bonchev–Trinajstić information content (AvgIpc) is 2.88. The third kappa shape index (κ3) is 5.80. The molecule has 0 aromatic heterocycles. The van der Waals surface area contributed by atoms with Crippen LogP contribution in [0.3, 0.4) is 0 Å². The van der Waals surface area contributed by atoms with Crippen molar-refractivity contribution in [2.75, 3.05) is 50.1 Å². The number of rotatable bonds is 7. The maximum absolute atomic E-state index is 12.8. The van der Waals surface area contributed by atoms with Gasteiger partial charge in [-0.05, 0) is 60.7 Å². The molecule has 1 aliphatic heterocycles. The lowest BCUT2D eigenvalue weighted by Gasteiger charge is -2.37. The molecule has 2 amide bonds. The Morgan fingerprint density at radius 3 is 2.21 bits per heavy atom. The summed E-state index contributed by atoms with van der Waals surface area (Å²) in [6.07, 6.45) is 0. The minimum Gasteiger partial charge on any atom is -0.497 e. The van der Waals surface area contributed by atoms with Gasteiger partial charge in [0.15, 0.2) is 6.61 Å². The standard InChI is InChI=1S/C26H26ClN3O4/c1-33-21-10-12-22(13-11-21)34-18-25(31)28-23-4-2-3-5-24(23)29-14-16-30(17-15-29)26(32)19-6-8-20(27)9-7-19/h2-13H,14-18H2,1H3,(H,28,31). The van der Waals surface area contributed by atoms with Gasteiger partial charge in [-0.25, -0.2) is 0 Å². The Kier molecular flexibility index (Phi) is 7.54. The summed E-state index contributed by atoms with van der Waals surface area (Å²) >= 11 is 5.93. The zero-order chi connectivity index (χ0) is 23.9. The quantitative estimate of drug-likeness (QED) is 0.546. The Morgan fingerprint density at radius 2 is 1.53 bits per heavy atom. The fraction of sp³-hybridized carbons (Fsp3) is 0.231. The van der Waals surface area contributed by atoms with Crippen molar-refractivity contribution in [1.82, 2.24) is 4.90 Å². The lowest BCUT2D eigenvalue weighted by molar-refractivity contribution is -0.118. The van der Waals surface area contributed by atoms with Gasteiger partial charge in [0.25, 0.3) is 11.8 Å². The number of halogens is 1. The van der Waals surface area contributed by atoms with Crippen LogP contribution in [0.4, 0.5) is 11.4 Å². The van der Waals surface area contributed by atoms with Crippen LogP contribution in [0.5, 0.6) is 11.5 Å². The number of anilines is 2. The minimum absolute atomic E-state index is 0.00594. The van der Waals surface area contributed by atoms with Crippen LogP contribution >= 0.6 is 11.6 Å². The minimum atomic E-state index is -0.250. The van der Waals surface area contributed by atoms with Crippen molar-refractivity contribution in [3.8, 4) is 11.5 Å². The van der Waals surface area contributed by atoms with Crippen molar-refractivity contribution < 1.29 is 19.1 Å². The molecule has 34 heavy (non-hydrogen) atoms. The van der Waals surface area contributed by atoms with E-state index in [1.54, 1.807) is 55.6 Å². The predicted octanol–water partition coefficient (Wildman–Crippen LogP) is 4.33. The lowest BCUT2D eigenvalue weighted by Crippen LogP contribution is -2.49. The Bertz CT molecular complexity index is 1130. The van der Waals surface area contributed by atoms with Crippen molar-refractivity contribution in [2.24, 2.45) is 0 Å². The fourth-order valence-electron chi connectivity index (χ4n) is 3.79. The van der Waals surface area contributed by atoms with Crippen LogP contribution in [0.15, 0.2) is 72.8 Å². The first-order chi connectivity index (χ1) is 16.5. The summed E-state index contributed by atoms with van der Waals surface area (Å²) in [6.45, 7) is 2.39. The fourth-order valence-corrected chi connectivity index (χ4v) is 3.91. The smallest absolute Gasteiger partial charge is 0.262 e. The molecular weight excluding hydrogens is 454 g/mol. The molecule has 8 heteroatoms. The van der Waals surface area contributed by atoms with Gasteiger partial charge in [-0.2, -0.15) is 0 Å². The number of nitrogens with zero attached hydrogens (tertiary/aromatic N) is 2. The maximum Gasteiger partial charge on any atom is 0.262 e. The first-order valence-electron chi connectivity index (χ1n) is 11.0. The van der Waals surface area contributed by atoms with E-state index in [1.165, 1.54) is 0 Å². The molecule has 3 aromatic carbocycles. The highest BCUT2D eigenvalue weighted by Gasteiger charge is 2.23. The molecule has 0 spiro atoms. The van der Waals surface area contributed by atoms with E-state index in [0.29, 0.717) is 48.2 Å². The predicted molar refractivity (Wildman–Crippen MR) is 133 cm³/mol. The maximum atomic E-state index is 12.8. The summed E-state index contributed by atoms with van der Waals surface area (Å²) in [4.78, 5) is 29.3. The van der Waals surface area contributed by atoms with Gasteiger partial charge in [-0.1, -0.05) is 23.7 Å². The molecule has 0 atom stereocenters. The SMILES string of the molecule is COc1ccc(OCC(=O)Nc2ccccc2N2CCN(C(=O)c3ccc(Cl)cc3)CC2)cc1. The molecule has 1 saturated heterocycles. The number of carbonyl (C=O) groups excluding carboxylic acids is 2. The van der Waals surface area contributed by atoms with Crippen LogP contribution in [0.1, 0.15) is 10.4 Å². The molecule has 1 fully saturated rings. The van der Waals surface area contributed by atoms with Gasteiger partial charge in [0.2, 0.25) is 0 Å². The molecule has 0 bridgehead atoms. The second kappa shape index (κ2) is 10.9. The third-order valence-electron chi connectivity index (χ3n) is 5.61. The number of piperazine rings is 1. The third-order valence-corrected chi connectivity index (χ3v) is 5.86. The highest BCUT2D eigenvalue weighted by Crippen LogP contribution is 2.27. The van der Waals surface area contributed by atoms with E-state index in [4.69, 9.17) is 21.1 Å². The molecule has 1 aliphatic rings. The van der Waals surface area contributed by atoms with E-state index in [0.717, 1.165) is 11.4 Å². The van der Waals surface area contributed by atoms with E-state index in [-0.39, 0.29) is 18.4 Å². The van der Waals surface area contributed by atoms with Crippen molar-refractivity contribution in [3.63, 3.8) is 0 Å². The largest absolute Gasteiger partial charge is 0.497 e. The number of methoxy groups -OCH3 is 1. The highest BCUT2D eigenvalue weighted by molar-refractivity contribution is 6.30. The van der Waals surface area contributed by atoms with E-state index < -0.39 is 0 Å². The Balaban J connectivity index is 1.33. The monoisotopic (exact) mass is 479 g/mol. The van der Waals surface area contributed by atoms with Crippen molar-refractivity contribution >= 4 is 34.8 Å². The van der Waals surface area contributed by atoms with Gasteiger partial charge in [0, 0.05) is 36.8 Å². The summed E-state index contributed by atoms with van der Waals surface area (Å²) in [6, 6.07) is 21.7. The average molecular weight is 480 g/mol. The van der Waals surface area contributed by atoms with E-state index >= 15 is 0 Å². The zero-order valence-electron chi connectivity index (χ0n) is 18.9. The van der Waals surface area contributed by atoms with Gasteiger partial charge in [-0.3, -0.25) is 9.59 Å². The first-order valence-corrected chi connectivity index (χ1v) is 11.4. The lowest BCUT2D eigenvalue weighted by atomic mass is 10.1. The van der Waals surface area contributed by atoms with Crippen LogP contribution in [0.2, 0.25) is 5.02 Å². The summed E-state index contributed by atoms with van der Waals surface area (Å²) in [5, 5.41) is 3.55. The molecule has 0 saturated carbocycles. The number of benzene rings is 3. The van der Waals surface area contributed by atoms with Gasteiger partial charge < -0.3 is 24.6 Å². The van der Waals surface area contributed by atoms with E-state index in [9.17, 15) is 9.59 Å². The second-order valence-electron chi connectivity index (χ2n) is 7.82. The van der Waals surface area contributed by atoms with Crippen LogP contribution in [-0.4, -0.2) is 56.6 Å². The van der Waals surface area contributed by atoms with Crippen molar-refractivity contribution in [1.29, 1.82) is 0 Å². The van der Waals surface area contributed by atoms with Gasteiger partial charge in [0.1, 0.15) is 11.5 Å². The number of amides is 2. The molecule has 4 rings (SSSR count). The van der Waals surface area contributed by atoms with Crippen LogP contribution < -0.4 is 19.7 Å². The molecule has 1 heterocycles. The number of para-hydroxylation sites is 2. The molecular formula is C26H26ClN3O4. The summed E-state index contributed by atoms with van der Waals surface area (Å²) in [7, 11) is 1.60. The van der Waals surface area contributed by atoms with Gasteiger partial charge >= 0.3 is 0 Å². The van der Waals surface area contributed by atoms with E-state index in [1.807, 2.05) is 29.2 Å².